The Morgan fingerprint density at radius 3 is 2.18 bits per heavy atom. The normalized spacial score (nSPS) is 13.3. The minimum absolute atomic E-state index is 0.160. The fourth-order valence-electron chi connectivity index (χ4n) is 4.40. The van der Waals surface area contributed by atoms with Crippen molar-refractivity contribution >= 4 is 51.2 Å². The van der Waals surface area contributed by atoms with E-state index in [-0.39, 0.29) is 17.1 Å². The molecule has 0 saturated carbocycles. The number of rotatable bonds is 3. The summed E-state index contributed by atoms with van der Waals surface area (Å²) in [5, 5.41) is 2.51. The zero-order valence-corrected chi connectivity index (χ0v) is 18.4. The van der Waals surface area contributed by atoms with Gasteiger partial charge in [-0.3, -0.25) is 9.59 Å². The molecule has 0 bridgehead atoms. The van der Waals surface area contributed by atoms with E-state index in [2.05, 4.69) is 4.98 Å². The summed E-state index contributed by atoms with van der Waals surface area (Å²) in [5.41, 5.74) is 3.84. The van der Waals surface area contributed by atoms with Crippen LogP contribution in [0.1, 0.15) is 33.3 Å². The van der Waals surface area contributed by atoms with Crippen molar-refractivity contribution in [1.82, 2.24) is 9.55 Å². The smallest absolute Gasteiger partial charge is 0.228 e. The molecule has 5 nitrogen and oxygen atoms in total. The van der Waals surface area contributed by atoms with Gasteiger partial charge in [-0.15, -0.1) is 0 Å². The van der Waals surface area contributed by atoms with Crippen LogP contribution in [0.25, 0.3) is 39.5 Å². The maximum absolute atomic E-state index is 13.1. The molecular weight excluding hydrogens is 436 g/mol. The number of Topliss-reactive ketones (excluding diaryl/α,β-unsaturated/α-hetero) is 2. The number of nitrogens with zero attached hydrogens (tertiary/aromatic N) is 2. The number of ketones is 2. The van der Waals surface area contributed by atoms with Gasteiger partial charge in [0.05, 0.1) is 5.57 Å². The maximum Gasteiger partial charge on any atom is 0.228 e. The van der Waals surface area contributed by atoms with Crippen LogP contribution in [0.2, 0.25) is 5.02 Å². The predicted molar refractivity (Wildman–Crippen MR) is 129 cm³/mol. The summed E-state index contributed by atoms with van der Waals surface area (Å²) in [4.78, 5) is 30.9. The van der Waals surface area contributed by atoms with Gasteiger partial charge in [-0.1, -0.05) is 35.9 Å². The summed E-state index contributed by atoms with van der Waals surface area (Å²) >= 11 is 5.98. The van der Waals surface area contributed by atoms with E-state index < -0.39 is 0 Å². The Labute approximate surface area is 193 Å². The number of aromatic nitrogens is 2. The Morgan fingerprint density at radius 1 is 0.939 bits per heavy atom. The van der Waals surface area contributed by atoms with E-state index in [4.69, 9.17) is 16.0 Å². The fraction of sp³-hybridized carbons (Fsp3) is 0.0741. The zero-order chi connectivity index (χ0) is 22.7. The van der Waals surface area contributed by atoms with Crippen molar-refractivity contribution in [2.75, 3.05) is 0 Å². The zero-order valence-electron chi connectivity index (χ0n) is 17.6. The number of carbonyl (C=O) groups excluding carboxylic acids is 2. The van der Waals surface area contributed by atoms with Gasteiger partial charge in [0.25, 0.3) is 0 Å². The number of carbonyl (C=O) groups is 2. The van der Waals surface area contributed by atoms with Gasteiger partial charge in [0.2, 0.25) is 5.89 Å². The average molecular weight is 453 g/mol. The summed E-state index contributed by atoms with van der Waals surface area (Å²) in [6.45, 7) is 2.59. The molecule has 3 aromatic carbocycles. The van der Waals surface area contributed by atoms with Gasteiger partial charge in [-0.05, 0) is 60.2 Å². The largest absolute Gasteiger partial charge is 0.434 e. The molecule has 0 saturated heterocycles. The molecule has 6 rings (SSSR count). The first-order chi connectivity index (χ1) is 16.0. The van der Waals surface area contributed by atoms with Gasteiger partial charge in [-0.2, -0.15) is 4.98 Å². The van der Waals surface area contributed by atoms with E-state index in [1.165, 1.54) is 0 Å². The number of allylic oxidation sites excluding steroid dienone is 1. The van der Waals surface area contributed by atoms with Gasteiger partial charge >= 0.3 is 0 Å². The molecule has 2 heterocycles. The summed E-state index contributed by atoms with van der Waals surface area (Å²) in [6.07, 6.45) is 1.65. The quantitative estimate of drug-likeness (QED) is 0.229. The standard InChI is InChI=1S/C27H17ClN2O3/c1-2-30-19(14-23-26(30)29-27(33-23)15-7-9-18(28)10-8-15)13-22-24(31)20-11-16-5-3-4-6-17(16)12-21(20)25(22)32/h3-14H,2H2,1H3. The second-order valence-electron chi connectivity index (χ2n) is 7.99. The molecule has 0 atom stereocenters. The van der Waals surface area contributed by atoms with Gasteiger partial charge in [-0.25, -0.2) is 0 Å². The molecule has 33 heavy (non-hydrogen) atoms. The lowest BCUT2D eigenvalue weighted by Crippen LogP contribution is -2.03. The summed E-state index contributed by atoms with van der Waals surface area (Å²) in [7, 11) is 0. The van der Waals surface area contributed by atoms with Crippen molar-refractivity contribution in [2.45, 2.75) is 13.5 Å². The number of fused-ring (bicyclic) bond motifs is 3. The lowest BCUT2D eigenvalue weighted by Gasteiger charge is -2.03. The van der Waals surface area contributed by atoms with Crippen LogP contribution in [0, 0.1) is 0 Å². The van der Waals surface area contributed by atoms with Crippen LogP contribution in [0.15, 0.2) is 76.7 Å². The van der Waals surface area contributed by atoms with Crippen LogP contribution in [-0.4, -0.2) is 21.1 Å². The number of hydrogen-bond acceptors (Lipinski definition) is 4. The lowest BCUT2D eigenvalue weighted by atomic mass is 10.0. The molecule has 2 aromatic heterocycles. The molecular formula is C27H17ClN2O3. The molecule has 0 fully saturated rings. The summed E-state index contributed by atoms with van der Waals surface area (Å²) < 4.78 is 7.91. The van der Waals surface area contributed by atoms with E-state index in [0.717, 1.165) is 16.3 Å². The van der Waals surface area contributed by atoms with Crippen LogP contribution in [0.3, 0.4) is 0 Å². The first-order valence-corrected chi connectivity index (χ1v) is 11.0. The van der Waals surface area contributed by atoms with Crippen molar-refractivity contribution < 1.29 is 14.0 Å². The Kier molecular flexibility index (Phi) is 4.35. The minimum atomic E-state index is -0.254. The molecule has 1 aliphatic rings. The van der Waals surface area contributed by atoms with Crippen molar-refractivity contribution in [3.8, 4) is 11.5 Å². The highest BCUT2D eigenvalue weighted by molar-refractivity contribution is 6.42. The molecule has 0 amide bonds. The monoisotopic (exact) mass is 452 g/mol. The van der Waals surface area contributed by atoms with E-state index >= 15 is 0 Å². The Balaban J connectivity index is 1.44. The molecule has 0 radical (unpaired) electrons. The number of oxazole rings is 1. The van der Waals surface area contributed by atoms with Gasteiger partial charge in [0, 0.05) is 40.0 Å². The highest BCUT2D eigenvalue weighted by Crippen LogP contribution is 2.33. The van der Waals surface area contributed by atoms with Crippen LogP contribution in [0.4, 0.5) is 0 Å². The molecule has 0 spiro atoms. The number of hydrogen-bond donors (Lipinski definition) is 0. The van der Waals surface area contributed by atoms with E-state index in [0.29, 0.717) is 45.5 Å². The first-order valence-electron chi connectivity index (χ1n) is 10.6. The highest BCUT2D eigenvalue weighted by atomic mass is 35.5. The average Bonchev–Trinajstić information content (AvgIpc) is 3.44. The van der Waals surface area contributed by atoms with Crippen molar-refractivity contribution in [3.05, 3.63) is 94.1 Å². The van der Waals surface area contributed by atoms with Crippen molar-refractivity contribution in [3.63, 3.8) is 0 Å². The molecule has 0 N–H and O–H groups in total. The molecule has 5 aromatic rings. The third kappa shape index (κ3) is 3.04. The van der Waals surface area contributed by atoms with E-state index in [9.17, 15) is 9.59 Å². The first kappa shape index (κ1) is 19.7. The minimum Gasteiger partial charge on any atom is -0.434 e. The third-order valence-electron chi connectivity index (χ3n) is 6.04. The van der Waals surface area contributed by atoms with E-state index in [1.54, 1.807) is 30.3 Å². The van der Waals surface area contributed by atoms with Crippen molar-refractivity contribution in [2.24, 2.45) is 0 Å². The second kappa shape index (κ2) is 7.29. The van der Waals surface area contributed by atoms with Gasteiger partial charge in [0.15, 0.2) is 22.8 Å². The van der Waals surface area contributed by atoms with Gasteiger partial charge < -0.3 is 8.98 Å². The van der Waals surface area contributed by atoms with Crippen LogP contribution < -0.4 is 0 Å². The summed E-state index contributed by atoms with van der Waals surface area (Å²) in [5.74, 6) is -0.0164. The molecule has 0 unspecified atom stereocenters. The van der Waals surface area contributed by atoms with Crippen molar-refractivity contribution in [1.29, 1.82) is 0 Å². The van der Waals surface area contributed by atoms with Crippen LogP contribution >= 0.6 is 11.6 Å². The number of aryl methyl sites for hydroxylation is 1. The van der Waals surface area contributed by atoms with Crippen LogP contribution in [0.5, 0.6) is 0 Å². The SMILES string of the molecule is CCn1c(C=C2C(=O)c3cc4ccccc4cc3C2=O)cc2oc(-c3ccc(Cl)cc3)nc21. The number of halogens is 1. The summed E-state index contributed by atoms with van der Waals surface area (Å²) in [6, 6.07) is 20.4. The third-order valence-corrected chi connectivity index (χ3v) is 6.30. The fourth-order valence-corrected chi connectivity index (χ4v) is 4.53. The molecule has 160 valence electrons. The Hall–Kier alpha value is -3.96. The molecule has 6 heteroatoms. The lowest BCUT2D eigenvalue weighted by molar-refractivity contribution is 0.0990. The Morgan fingerprint density at radius 2 is 1.58 bits per heavy atom. The van der Waals surface area contributed by atoms with Crippen LogP contribution in [-0.2, 0) is 6.54 Å². The van der Waals surface area contributed by atoms with Gasteiger partial charge in [0.1, 0.15) is 0 Å². The predicted octanol–water partition coefficient (Wildman–Crippen LogP) is 6.59. The maximum atomic E-state index is 13.1. The second-order valence-corrected chi connectivity index (χ2v) is 8.42. The highest BCUT2D eigenvalue weighted by Gasteiger charge is 2.34. The topological polar surface area (TPSA) is 65.1 Å². The molecule has 0 aliphatic heterocycles. The van der Waals surface area contributed by atoms with E-state index in [1.807, 2.05) is 54.0 Å². The molecule has 1 aliphatic carbocycles. The Bertz CT molecular complexity index is 1580. The number of benzene rings is 3.